The lowest BCUT2D eigenvalue weighted by Crippen LogP contribution is -2.50. The van der Waals surface area contributed by atoms with Crippen LogP contribution in [0.2, 0.25) is 0 Å². The van der Waals surface area contributed by atoms with E-state index in [9.17, 15) is 0 Å². The molecule has 0 aromatic carbocycles. The Morgan fingerprint density at radius 1 is 1.17 bits per heavy atom. The van der Waals surface area contributed by atoms with Gasteiger partial charge in [-0.05, 0) is 45.1 Å². The van der Waals surface area contributed by atoms with Crippen molar-refractivity contribution in [3.63, 3.8) is 0 Å². The molecule has 1 saturated heterocycles. The van der Waals surface area contributed by atoms with E-state index in [1.54, 1.807) is 0 Å². The van der Waals surface area contributed by atoms with Gasteiger partial charge in [-0.1, -0.05) is 13.8 Å². The van der Waals surface area contributed by atoms with Gasteiger partial charge >= 0.3 is 0 Å². The van der Waals surface area contributed by atoms with E-state index in [0.29, 0.717) is 6.10 Å². The molecule has 1 unspecified atom stereocenters. The molecule has 0 bridgehead atoms. The lowest BCUT2D eigenvalue weighted by atomic mass is 9.89. The summed E-state index contributed by atoms with van der Waals surface area (Å²) in [6.45, 7) is 8.91. The SMILES string of the molecule is CCCNC1CCC(N2CCOC(CC)C2)CC1. The van der Waals surface area contributed by atoms with E-state index in [4.69, 9.17) is 4.74 Å². The Balaban J connectivity index is 1.72. The van der Waals surface area contributed by atoms with Gasteiger partial charge in [-0.15, -0.1) is 0 Å². The Bertz CT molecular complexity index is 227. The van der Waals surface area contributed by atoms with Gasteiger partial charge in [0.15, 0.2) is 0 Å². The quantitative estimate of drug-likeness (QED) is 0.815. The van der Waals surface area contributed by atoms with Crippen molar-refractivity contribution in [2.24, 2.45) is 0 Å². The molecule has 0 spiro atoms. The van der Waals surface area contributed by atoms with Gasteiger partial charge in [0.1, 0.15) is 0 Å². The summed E-state index contributed by atoms with van der Waals surface area (Å²) in [5, 5.41) is 3.67. The lowest BCUT2D eigenvalue weighted by Gasteiger charge is -2.41. The van der Waals surface area contributed by atoms with Crippen LogP contribution >= 0.6 is 0 Å². The fraction of sp³-hybridized carbons (Fsp3) is 1.00. The third-order valence-corrected chi connectivity index (χ3v) is 4.52. The molecule has 1 aliphatic heterocycles. The number of rotatable bonds is 5. The molecule has 18 heavy (non-hydrogen) atoms. The zero-order chi connectivity index (χ0) is 12.8. The van der Waals surface area contributed by atoms with Crippen molar-refractivity contribution in [1.29, 1.82) is 0 Å². The molecule has 0 radical (unpaired) electrons. The molecule has 1 aliphatic carbocycles. The minimum Gasteiger partial charge on any atom is -0.376 e. The molecular weight excluding hydrogens is 224 g/mol. The second kappa shape index (κ2) is 7.46. The summed E-state index contributed by atoms with van der Waals surface area (Å²) in [4.78, 5) is 2.69. The van der Waals surface area contributed by atoms with Gasteiger partial charge in [-0.2, -0.15) is 0 Å². The van der Waals surface area contributed by atoms with Crippen LogP contribution in [0.3, 0.4) is 0 Å². The van der Waals surface area contributed by atoms with E-state index in [-0.39, 0.29) is 0 Å². The van der Waals surface area contributed by atoms with Gasteiger partial charge in [0.05, 0.1) is 12.7 Å². The molecule has 2 fully saturated rings. The van der Waals surface area contributed by atoms with Gasteiger partial charge in [0.25, 0.3) is 0 Å². The zero-order valence-corrected chi connectivity index (χ0v) is 12.2. The third kappa shape index (κ3) is 3.94. The van der Waals surface area contributed by atoms with Crippen LogP contribution in [0, 0.1) is 0 Å². The van der Waals surface area contributed by atoms with Gasteiger partial charge in [-0.3, -0.25) is 4.90 Å². The number of hydrogen-bond acceptors (Lipinski definition) is 3. The highest BCUT2D eigenvalue weighted by Crippen LogP contribution is 2.25. The number of hydrogen-bond donors (Lipinski definition) is 1. The monoisotopic (exact) mass is 254 g/mol. The summed E-state index contributed by atoms with van der Waals surface area (Å²) >= 11 is 0. The molecule has 1 N–H and O–H groups in total. The highest BCUT2D eigenvalue weighted by molar-refractivity contribution is 4.85. The van der Waals surface area contributed by atoms with Crippen molar-refractivity contribution >= 4 is 0 Å². The standard InChI is InChI=1S/C15H30N2O/c1-3-9-16-13-5-7-14(8-6-13)17-10-11-18-15(4-2)12-17/h13-16H,3-12H2,1-2H3. The molecule has 0 aromatic rings. The summed E-state index contributed by atoms with van der Waals surface area (Å²) in [5.41, 5.74) is 0. The van der Waals surface area contributed by atoms with Crippen molar-refractivity contribution in [3.05, 3.63) is 0 Å². The van der Waals surface area contributed by atoms with Crippen molar-refractivity contribution in [2.75, 3.05) is 26.2 Å². The van der Waals surface area contributed by atoms with Crippen LogP contribution in [-0.2, 0) is 4.74 Å². The van der Waals surface area contributed by atoms with E-state index < -0.39 is 0 Å². The largest absolute Gasteiger partial charge is 0.376 e. The average Bonchev–Trinajstić information content (AvgIpc) is 2.46. The predicted molar refractivity (Wildman–Crippen MR) is 75.9 cm³/mol. The molecule has 2 aliphatic rings. The maximum Gasteiger partial charge on any atom is 0.0700 e. The Labute approximate surface area is 112 Å². The van der Waals surface area contributed by atoms with E-state index >= 15 is 0 Å². The lowest BCUT2D eigenvalue weighted by molar-refractivity contribution is -0.0501. The molecule has 3 nitrogen and oxygen atoms in total. The minimum atomic E-state index is 0.481. The van der Waals surface area contributed by atoms with Gasteiger partial charge in [0, 0.05) is 25.2 Å². The Hall–Kier alpha value is -0.120. The highest BCUT2D eigenvalue weighted by atomic mass is 16.5. The van der Waals surface area contributed by atoms with Crippen LogP contribution < -0.4 is 5.32 Å². The van der Waals surface area contributed by atoms with Crippen molar-refractivity contribution < 1.29 is 4.74 Å². The third-order valence-electron chi connectivity index (χ3n) is 4.52. The summed E-state index contributed by atoms with van der Waals surface area (Å²) in [6.07, 6.45) is 8.35. The highest BCUT2D eigenvalue weighted by Gasteiger charge is 2.29. The second-order valence-corrected chi connectivity index (χ2v) is 5.86. The van der Waals surface area contributed by atoms with E-state index in [1.165, 1.54) is 38.6 Å². The average molecular weight is 254 g/mol. The number of morpholine rings is 1. The Kier molecular flexibility index (Phi) is 5.93. The maximum atomic E-state index is 5.77. The number of nitrogens with one attached hydrogen (secondary N) is 1. The topological polar surface area (TPSA) is 24.5 Å². The summed E-state index contributed by atoms with van der Waals surface area (Å²) in [6, 6.07) is 1.60. The summed E-state index contributed by atoms with van der Waals surface area (Å²) < 4.78 is 5.77. The van der Waals surface area contributed by atoms with E-state index in [0.717, 1.165) is 38.2 Å². The molecular formula is C15H30N2O. The molecule has 106 valence electrons. The fourth-order valence-corrected chi connectivity index (χ4v) is 3.31. The van der Waals surface area contributed by atoms with Crippen LogP contribution in [0.5, 0.6) is 0 Å². The number of nitrogens with zero attached hydrogens (tertiary/aromatic N) is 1. The van der Waals surface area contributed by atoms with Crippen LogP contribution in [0.1, 0.15) is 52.4 Å². The maximum absolute atomic E-state index is 5.77. The fourth-order valence-electron chi connectivity index (χ4n) is 3.31. The number of ether oxygens (including phenoxy) is 1. The Morgan fingerprint density at radius 2 is 1.94 bits per heavy atom. The van der Waals surface area contributed by atoms with Crippen molar-refractivity contribution in [1.82, 2.24) is 10.2 Å². The van der Waals surface area contributed by atoms with Crippen LogP contribution in [0.4, 0.5) is 0 Å². The van der Waals surface area contributed by atoms with E-state index in [2.05, 4.69) is 24.1 Å². The second-order valence-electron chi connectivity index (χ2n) is 5.86. The van der Waals surface area contributed by atoms with Crippen molar-refractivity contribution in [3.8, 4) is 0 Å². The summed E-state index contributed by atoms with van der Waals surface area (Å²) in [5.74, 6) is 0. The first-order chi connectivity index (χ1) is 8.83. The van der Waals surface area contributed by atoms with Crippen LogP contribution in [0.15, 0.2) is 0 Å². The smallest absolute Gasteiger partial charge is 0.0700 e. The van der Waals surface area contributed by atoms with Gasteiger partial charge in [-0.25, -0.2) is 0 Å². The Morgan fingerprint density at radius 3 is 2.61 bits per heavy atom. The predicted octanol–water partition coefficient (Wildman–Crippen LogP) is 2.41. The van der Waals surface area contributed by atoms with Gasteiger partial charge in [0.2, 0.25) is 0 Å². The van der Waals surface area contributed by atoms with Gasteiger partial charge < -0.3 is 10.1 Å². The molecule has 1 saturated carbocycles. The molecule has 3 heteroatoms. The zero-order valence-electron chi connectivity index (χ0n) is 12.2. The molecule has 1 atom stereocenters. The van der Waals surface area contributed by atoms with Crippen LogP contribution in [0.25, 0.3) is 0 Å². The van der Waals surface area contributed by atoms with Crippen molar-refractivity contribution in [2.45, 2.75) is 70.6 Å². The molecule has 1 heterocycles. The first-order valence-electron chi connectivity index (χ1n) is 7.92. The van der Waals surface area contributed by atoms with Crippen LogP contribution in [-0.4, -0.2) is 49.3 Å². The van der Waals surface area contributed by atoms with E-state index in [1.807, 2.05) is 0 Å². The molecule has 2 rings (SSSR count). The normalized spacial score (nSPS) is 34.7. The minimum absolute atomic E-state index is 0.481. The first-order valence-corrected chi connectivity index (χ1v) is 7.92. The first kappa shape index (κ1) is 14.3. The molecule has 0 aromatic heterocycles. The summed E-state index contributed by atoms with van der Waals surface area (Å²) in [7, 11) is 0. The molecule has 0 amide bonds.